The van der Waals surface area contributed by atoms with Crippen molar-refractivity contribution in [2.24, 2.45) is 0 Å². The van der Waals surface area contributed by atoms with Crippen LogP contribution < -0.4 is 10.3 Å². The number of aryl methyl sites for hydroxylation is 1. The van der Waals surface area contributed by atoms with Gasteiger partial charge in [-0.1, -0.05) is 0 Å². The number of hydrogen-bond donors (Lipinski definition) is 0. The van der Waals surface area contributed by atoms with E-state index in [0.29, 0.717) is 17.0 Å². The summed E-state index contributed by atoms with van der Waals surface area (Å²) in [6.07, 6.45) is 0. The molecule has 1 aromatic heterocycles. The molecule has 0 amide bonds. The average molecular weight is 343 g/mol. The molecule has 0 N–H and O–H groups in total. The second-order valence-corrected chi connectivity index (χ2v) is 5.41. The fourth-order valence-corrected chi connectivity index (χ4v) is 2.68. The largest absolute Gasteiger partial charge is 0.497 e. The van der Waals surface area contributed by atoms with Crippen LogP contribution in [0.25, 0.3) is 16.6 Å². The van der Waals surface area contributed by atoms with Gasteiger partial charge in [0.1, 0.15) is 18.2 Å². The number of hydrogen-bond acceptors (Lipinski definition) is 5. The van der Waals surface area contributed by atoms with E-state index < -0.39 is 17.2 Å². The number of ether oxygens (including phenoxy) is 1. The summed E-state index contributed by atoms with van der Waals surface area (Å²) in [5.41, 5.74) is 0.555. The molecule has 2 aromatic carbocycles. The first-order chi connectivity index (χ1) is 12.0. The first kappa shape index (κ1) is 16.6. The number of alkyl halides is 1. The molecule has 0 bridgehead atoms. The highest BCUT2D eigenvalue weighted by Gasteiger charge is 2.17. The zero-order valence-electron chi connectivity index (χ0n) is 13.5. The Bertz CT molecular complexity index is 1050. The van der Waals surface area contributed by atoms with E-state index in [9.17, 15) is 19.3 Å². The maximum Gasteiger partial charge on any atom is 0.270 e. The summed E-state index contributed by atoms with van der Waals surface area (Å²) in [5.74, 6) is 0.528. The third-order valence-electron chi connectivity index (χ3n) is 3.90. The monoisotopic (exact) mass is 343 g/mol. The third-order valence-corrected chi connectivity index (χ3v) is 3.90. The van der Waals surface area contributed by atoms with Gasteiger partial charge in [0, 0.05) is 12.1 Å². The molecule has 0 aliphatic heterocycles. The molecule has 0 saturated heterocycles. The van der Waals surface area contributed by atoms with E-state index in [2.05, 4.69) is 4.98 Å². The summed E-state index contributed by atoms with van der Waals surface area (Å²) in [7, 11) is 1.52. The number of fused-ring (bicyclic) bond motifs is 1. The van der Waals surface area contributed by atoms with E-state index in [1.165, 1.54) is 19.2 Å². The number of methoxy groups -OCH3 is 1. The zero-order valence-corrected chi connectivity index (χ0v) is 13.5. The molecular formula is C17H14FN3O4. The van der Waals surface area contributed by atoms with Crippen molar-refractivity contribution in [1.82, 2.24) is 9.55 Å². The van der Waals surface area contributed by atoms with Crippen LogP contribution >= 0.6 is 0 Å². The quantitative estimate of drug-likeness (QED) is 0.537. The first-order valence-corrected chi connectivity index (χ1v) is 7.37. The Morgan fingerprint density at radius 2 is 2.04 bits per heavy atom. The summed E-state index contributed by atoms with van der Waals surface area (Å²) in [6, 6.07) is 8.72. The van der Waals surface area contributed by atoms with Crippen LogP contribution in [0.2, 0.25) is 0 Å². The third kappa shape index (κ3) is 2.82. The van der Waals surface area contributed by atoms with Gasteiger partial charge in [0.2, 0.25) is 0 Å². The Hall–Kier alpha value is -3.29. The summed E-state index contributed by atoms with van der Waals surface area (Å²) in [5, 5.41) is 11.0. The van der Waals surface area contributed by atoms with Gasteiger partial charge in [-0.15, -0.1) is 0 Å². The van der Waals surface area contributed by atoms with E-state index >= 15 is 0 Å². The summed E-state index contributed by atoms with van der Waals surface area (Å²) >= 11 is 0. The summed E-state index contributed by atoms with van der Waals surface area (Å²) < 4.78 is 19.8. The van der Waals surface area contributed by atoms with Gasteiger partial charge in [-0.05, 0) is 36.8 Å². The van der Waals surface area contributed by atoms with Gasteiger partial charge in [-0.25, -0.2) is 9.37 Å². The van der Waals surface area contributed by atoms with Crippen molar-refractivity contribution >= 4 is 16.6 Å². The number of halogens is 1. The van der Waals surface area contributed by atoms with Crippen molar-refractivity contribution in [1.29, 1.82) is 0 Å². The molecule has 0 fully saturated rings. The lowest BCUT2D eigenvalue weighted by molar-refractivity contribution is -0.384. The average Bonchev–Trinajstić information content (AvgIpc) is 2.61. The van der Waals surface area contributed by atoms with E-state index in [1.54, 1.807) is 25.1 Å². The van der Waals surface area contributed by atoms with Crippen molar-refractivity contribution in [2.75, 3.05) is 7.11 Å². The molecule has 0 atom stereocenters. The Morgan fingerprint density at radius 3 is 2.64 bits per heavy atom. The highest BCUT2D eigenvalue weighted by atomic mass is 19.1. The van der Waals surface area contributed by atoms with Gasteiger partial charge in [0.25, 0.3) is 11.2 Å². The Morgan fingerprint density at radius 1 is 1.28 bits per heavy atom. The number of aromatic nitrogens is 2. The maximum atomic E-state index is 13.5. The number of rotatable bonds is 4. The maximum absolute atomic E-state index is 13.5. The van der Waals surface area contributed by atoms with Crippen LogP contribution in [0.4, 0.5) is 10.1 Å². The molecule has 0 saturated carbocycles. The van der Waals surface area contributed by atoms with Crippen LogP contribution in [-0.2, 0) is 6.67 Å². The van der Waals surface area contributed by atoms with E-state index in [0.717, 1.165) is 10.6 Å². The molecule has 0 radical (unpaired) electrons. The highest BCUT2D eigenvalue weighted by Crippen LogP contribution is 2.23. The SMILES string of the molecule is COc1ccc(-n2c(CF)nc3ccc([N+](=O)[O-])cc3c2=O)c(C)c1. The first-order valence-electron chi connectivity index (χ1n) is 7.37. The number of nitro benzene ring substituents is 1. The van der Waals surface area contributed by atoms with Gasteiger partial charge in [-0.3, -0.25) is 19.5 Å². The molecule has 25 heavy (non-hydrogen) atoms. The Balaban J connectivity index is 2.35. The molecule has 3 aromatic rings. The number of nitro groups is 1. The zero-order chi connectivity index (χ0) is 18.1. The van der Waals surface area contributed by atoms with Crippen molar-refractivity contribution < 1.29 is 14.1 Å². The van der Waals surface area contributed by atoms with Crippen molar-refractivity contribution in [2.45, 2.75) is 13.6 Å². The van der Waals surface area contributed by atoms with Crippen LogP contribution in [0.3, 0.4) is 0 Å². The topological polar surface area (TPSA) is 87.3 Å². The predicted molar refractivity (Wildman–Crippen MR) is 90.1 cm³/mol. The van der Waals surface area contributed by atoms with Crippen molar-refractivity contribution in [3.8, 4) is 11.4 Å². The van der Waals surface area contributed by atoms with Crippen LogP contribution in [0.1, 0.15) is 11.4 Å². The molecule has 0 aliphatic rings. The van der Waals surface area contributed by atoms with Crippen molar-refractivity contribution in [3.63, 3.8) is 0 Å². The van der Waals surface area contributed by atoms with E-state index in [1.807, 2.05) is 0 Å². The minimum absolute atomic E-state index is 0.0571. The summed E-state index contributed by atoms with van der Waals surface area (Å²) in [4.78, 5) is 27.4. The van der Waals surface area contributed by atoms with Gasteiger partial charge in [0.05, 0.1) is 28.6 Å². The molecular weight excluding hydrogens is 329 g/mol. The number of nitrogens with zero attached hydrogens (tertiary/aromatic N) is 3. The second kappa shape index (κ2) is 6.31. The lowest BCUT2D eigenvalue weighted by Crippen LogP contribution is -2.24. The lowest BCUT2D eigenvalue weighted by Gasteiger charge is -2.14. The fraction of sp³-hybridized carbons (Fsp3) is 0.176. The van der Waals surface area contributed by atoms with Crippen LogP contribution in [-0.4, -0.2) is 21.6 Å². The van der Waals surface area contributed by atoms with Gasteiger partial charge in [-0.2, -0.15) is 0 Å². The molecule has 8 heteroatoms. The molecule has 0 aliphatic carbocycles. The Kier molecular flexibility index (Phi) is 4.18. The molecule has 1 heterocycles. The molecule has 0 unspecified atom stereocenters. The normalized spacial score (nSPS) is 10.8. The minimum Gasteiger partial charge on any atom is -0.497 e. The van der Waals surface area contributed by atoms with Crippen LogP contribution in [0.15, 0.2) is 41.2 Å². The lowest BCUT2D eigenvalue weighted by atomic mass is 10.1. The standard InChI is InChI=1S/C17H14FN3O4/c1-10-7-12(25-2)4-6-15(10)20-16(9-18)19-14-5-3-11(21(23)24)8-13(14)17(20)22/h3-8H,9H2,1-2H3. The molecule has 3 rings (SSSR count). The Labute approximate surface area is 141 Å². The summed E-state index contributed by atoms with van der Waals surface area (Å²) in [6.45, 7) is 0.803. The van der Waals surface area contributed by atoms with E-state index in [4.69, 9.17) is 4.74 Å². The second-order valence-electron chi connectivity index (χ2n) is 5.41. The van der Waals surface area contributed by atoms with Crippen LogP contribution in [0, 0.1) is 17.0 Å². The molecule has 128 valence electrons. The molecule has 7 nitrogen and oxygen atoms in total. The van der Waals surface area contributed by atoms with Crippen LogP contribution in [0.5, 0.6) is 5.75 Å². The number of non-ortho nitro benzene ring substituents is 1. The number of benzene rings is 2. The van der Waals surface area contributed by atoms with Gasteiger partial charge in [0.15, 0.2) is 0 Å². The van der Waals surface area contributed by atoms with Gasteiger partial charge < -0.3 is 4.74 Å². The smallest absolute Gasteiger partial charge is 0.270 e. The van der Waals surface area contributed by atoms with E-state index in [-0.39, 0.29) is 22.4 Å². The molecule has 0 spiro atoms. The van der Waals surface area contributed by atoms with Crippen molar-refractivity contribution in [3.05, 3.63) is 68.3 Å². The highest BCUT2D eigenvalue weighted by molar-refractivity contribution is 5.80. The minimum atomic E-state index is -0.951. The van der Waals surface area contributed by atoms with Gasteiger partial charge >= 0.3 is 0 Å². The predicted octanol–water partition coefficient (Wildman–Crippen LogP) is 3.08. The fourth-order valence-electron chi connectivity index (χ4n) is 2.68.